The van der Waals surface area contributed by atoms with Crippen LogP contribution in [0.4, 0.5) is 0 Å². The molecule has 0 saturated heterocycles. The minimum atomic E-state index is -0.313. The van der Waals surface area contributed by atoms with Crippen LogP contribution in [0.1, 0.15) is 40.0 Å². The zero-order chi connectivity index (χ0) is 11.0. The van der Waals surface area contributed by atoms with E-state index in [0.717, 1.165) is 6.42 Å². The second kappa shape index (κ2) is 7.35. The fourth-order valence-corrected chi connectivity index (χ4v) is 0.898. The van der Waals surface area contributed by atoms with Crippen molar-refractivity contribution in [3.63, 3.8) is 0 Å². The molecule has 82 valence electrons. The Hall–Kier alpha value is -1.06. The van der Waals surface area contributed by atoms with Gasteiger partial charge in [0.1, 0.15) is 0 Å². The highest BCUT2D eigenvalue weighted by Crippen LogP contribution is 1.95. The number of hydrogen-bond donors (Lipinski definition) is 1. The molecule has 1 unspecified atom stereocenters. The lowest BCUT2D eigenvalue weighted by Crippen LogP contribution is -2.32. The minimum Gasteiger partial charge on any atom is -0.466 e. The molecule has 0 aromatic rings. The van der Waals surface area contributed by atoms with Crippen LogP contribution in [0, 0.1) is 0 Å². The first-order valence-corrected chi connectivity index (χ1v) is 5.05. The third kappa shape index (κ3) is 6.46. The summed E-state index contributed by atoms with van der Waals surface area (Å²) in [6.45, 7) is 6.04. The summed E-state index contributed by atoms with van der Waals surface area (Å²) in [5.74, 6) is -0.404. The predicted molar refractivity (Wildman–Crippen MR) is 53.8 cm³/mol. The van der Waals surface area contributed by atoms with Gasteiger partial charge < -0.3 is 10.1 Å². The van der Waals surface area contributed by atoms with Crippen molar-refractivity contribution < 1.29 is 14.3 Å². The molecule has 0 fully saturated rings. The number of carbonyl (C=O) groups excluding carboxylic acids is 2. The normalized spacial score (nSPS) is 11.9. The maximum atomic E-state index is 11.2. The maximum absolute atomic E-state index is 11.2. The largest absolute Gasteiger partial charge is 0.466 e. The Bertz CT molecular complexity index is 192. The lowest BCUT2D eigenvalue weighted by Gasteiger charge is -2.10. The standard InChI is InChI=1S/C10H19NO3/c1-4-8(3)11-9(12)6-7-10(13)14-5-2/h8H,4-7H2,1-3H3,(H,11,12). The van der Waals surface area contributed by atoms with Crippen LogP contribution in [-0.2, 0) is 14.3 Å². The van der Waals surface area contributed by atoms with E-state index in [1.54, 1.807) is 6.92 Å². The summed E-state index contributed by atoms with van der Waals surface area (Å²) in [5, 5.41) is 2.78. The van der Waals surface area contributed by atoms with Crippen molar-refractivity contribution in [2.75, 3.05) is 6.61 Å². The Kier molecular flexibility index (Phi) is 6.80. The summed E-state index contributed by atoms with van der Waals surface area (Å²) in [6.07, 6.45) is 1.27. The molecule has 1 N–H and O–H groups in total. The van der Waals surface area contributed by atoms with Gasteiger partial charge in [-0.05, 0) is 20.3 Å². The zero-order valence-electron chi connectivity index (χ0n) is 9.13. The van der Waals surface area contributed by atoms with Gasteiger partial charge >= 0.3 is 5.97 Å². The van der Waals surface area contributed by atoms with Crippen LogP contribution in [0.3, 0.4) is 0 Å². The van der Waals surface area contributed by atoms with E-state index >= 15 is 0 Å². The molecule has 4 nitrogen and oxygen atoms in total. The van der Waals surface area contributed by atoms with Crippen molar-refractivity contribution in [3.8, 4) is 0 Å². The van der Waals surface area contributed by atoms with E-state index in [4.69, 9.17) is 4.74 Å². The molecule has 0 aromatic heterocycles. The van der Waals surface area contributed by atoms with Gasteiger partial charge in [0.05, 0.1) is 13.0 Å². The first-order valence-electron chi connectivity index (χ1n) is 5.05. The van der Waals surface area contributed by atoms with Gasteiger partial charge in [-0.2, -0.15) is 0 Å². The van der Waals surface area contributed by atoms with Gasteiger partial charge in [-0.3, -0.25) is 9.59 Å². The van der Waals surface area contributed by atoms with Crippen LogP contribution < -0.4 is 5.32 Å². The maximum Gasteiger partial charge on any atom is 0.306 e. The van der Waals surface area contributed by atoms with Crippen LogP contribution in [-0.4, -0.2) is 24.5 Å². The summed E-state index contributed by atoms with van der Waals surface area (Å²) in [6, 6.07) is 0.171. The van der Waals surface area contributed by atoms with Crippen molar-refractivity contribution in [3.05, 3.63) is 0 Å². The Labute approximate surface area is 85.0 Å². The number of ether oxygens (including phenoxy) is 1. The van der Waals surface area contributed by atoms with Gasteiger partial charge in [0.15, 0.2) is 0 Å². The molecule has 1 atom stereocenters. The van der Waals surface area contributed by atoms with Crippen LogP contribution >= 0.6 is 0 Å². The highest BCUT2D eigenvalue weighted by molar-refractivity contribution is 5.81. The molecule has 0 bridgehead atoms. The van der Waals surface area contributed by atoms with Gasteiger partial charge in [-0.25, -0.2) is 0 Å². The van der Waals surface area contributed by atoms with E-state index in [-0.39, 0.29) is 30.8 Å². The van der Waals surface area contributed by atoms with Crippen molar-refractivity contribution in [1.29, 1.82) is 0 Å². The third-order valence-corrected chi connectivity index (χ3v) is 1.88. The van der Waals surface area contributed by atoms with Crippen molar-refractivity contribution in [2.24, 2.45) is 0 Å². The van der Waals surface area contributed by atoms with E-state index in [9.17, 15) is 9.59 Å². The summed E-state index contributed by atoms with van der Waals surface area (Å²) in [4.78, 5) is 22.1. The lowest BCUT2D eigenvalue weighted by atomic mass is 10.2. The second-order valence-corrected chi connectivity index (χ2v) is 3.18. The molecule has 0 saturated carbocycles. The SMILES string of the molecule is CCOC(=O)CCC(=O)NC(C)CC. The van der Waals surface area contributed by atoms with Crippen molar-refractivity contribution >= 4 is 11.9 Å². The summed E-state index contributed by atoms with van der Waals surface area (Å²) in [7, 11) is 0. The molecule has 0 radical (unpaired) electrons. The quantitative estimate of drug-likeness (QED) is 0.658. The molecular formula is C10H19NO3. The first-order chi connectivity index (χ1) is 6.60. The topological polar surface area (TPSA) is 55.4 Å². The fraction of sp³-hybridized carbons (Fsp3) is 0.800. The number of carbonyl (C=O) groups is 2. The van der Waals surface area contributed by atoms with E-state index in [2.05, 4.69) is 5.32 Å². The Morgan fingerprint density at radius 3 is 2.43 bits per heavy atom. The molecule has 1 amide bonds. The summed E-state index contributed by atoms with van der Waals surface area (Å²) >= 11 is 0. The fourth-order valence-electron chi connectivity index (χ4n) is 0.898. The molecule has 14 heavy (non-hydrogen) atoms. The first kappa shape index (κ1) is 12.9. The number of hydrogen-bond acceptors (Lipinski definition) is 3. The van der Waals surface area contributed by atoms with Crippen molar-refractivity contribution in [2.45, 2.75) is 46.1 Å². The molecule has 0 spiro atoms. The number of esters is 1. The van der Waals surface area contributed by atoms with Gasteiger partial charge in [0.2, 0.25) is 5.91 Å². The van der Waals surface area contributed by atoms with E-state index in [0.29, 0.717) is 6.61 Å². The highest BCUT2D eigenvalue weighted by atomic mass is 16.5. The zero-order valence-corrected chi connectivity index (χ0v) is 9.13. The van der Waals surface area contributed by atoms with Crippen LogP contribution in [0.5, 0.6) is 0 Å². The summed E-state index contributed by atoms with van der Waals surface area (Å²) < 4.78 is 4.70. The summed E-state index contributed by atoms with van der Waals surface area (Å²) in [5.41, 5.74) is 0. The smallest absolute Gasteiger partial charge is 0.306 e. The van der Waals surface area contributed by atoms with E-state index in [1.807, 2.05) is 13.8 Å². The van der Waals surface area contributed by atoms with Gasteiger partial charge in [-0.1, -0.05) is 6.92 Å². The lowest BCUT2D eigenvalue weighted by molar-refractivity contribution is -0.144. The van der Waals surface area contributed by atoms with Gasteiger partial charge in [-0.15, -0.1) is 0 Å². The molecule has 0 rings (SSSR count). The van der Waals surface area contributed by atoms with E-state index in [1.165, 1.54) is 0 Å². The monoisotopic (exact) mass is 201 g/mol. The van der Waals surface area contributed by atoms with Gasteiger partial charge in [0.25, 0.3) is 0 Å². The van der Waals surface area contributed by atoms with Crippen molar-refractivity contribution in [1.82, 2.24) is 5.32 Å². The number of rotatable bonds is 6. The average molecular weight is 201 g/mol. The Morgan fingerprint density at radius 1 is 1.29 bits per heavy atom. The molecule has 0 aromatic carbocycles. The number of nitrogens with one attached hydrogen (secondary N) is 1. The predicted octanol–water partition coefficient (Wildman–Crippen LogP) is 1.24. The van der Waals surface area contributed by atoms with E-state index < -0.39 is 0 Å². The van der Waals surface area contributed by atoms with Crippen LogP contribution in [0.2, 0.25) is 0 Å². The molecule has 0 aliphatic rings. The third-order valence-electron chi connectivity index (χ3n) is 1.88. The molecule has 0 heterocycles. The van der Waals surface area contributed by atoms with Crippen LogP contribution in [0.15, 0.2) is 0 Å². The Morgan fingerprint density at radius 2 is 1.93 bits per heavy atom. The average Bonchev–Trinajstić information content (AvgIpc) is 2.15. The highest BCUT2D eigenvalue weighted by Gasteiger charge is 2.08. The minimum absolute atomic E-state index is 0.0904. The molecule has 0 aliphatic carbocycles. The molecule has 0 aliphatic heterocycles. The number of amides is 1. The molecule has 4 heteroatoms. The van der Waals surface area contributed by atoms with Crippen LogP contribution in [0.25, 0.3) is 0 Å². The van der Waals surface area contributed by atoms with Gasteiger partial charge in [0, 0.05) is 12.5 Å². The second-order valence-electron chi connectivity index (χ2n) is 3.18. The Balaban J connectivity index is 3.58. The molecular weight excluding hydrogens is 182 g/mol.